The van der Waals surface area contributed by atoms with Gasteiger partial charge in [-0.3, -0.25) is 4.98 Å². The predicted molar refractivity (Wildman–Crippen MR) is 77.2 cm³/mol. The van der Waals surface area contributed by atoms with Crippen molar-refractivity contribution in [2.45, 2.75) is 0 Å². The molecule has 0 saturated carbocycles. The molecule has 0 unspecified atom stereocenters. The normalized spacial score (nSPS) is 10.8. The second-order valence-corrected chi connectivity index (χ2v) is 4.94. The first kappa shape index (κ1) is 11.5. The van der Waals surface area contributed by atoms with Crippen molar-refractivity contribution >= 4 is 34.0 Å². The zero-order valence-corrected chi connectivity index (χ0v) is 10.9. The van der Waals surface area contributed by atoms with Crippen LogP contribution < -0.4 is 0 Å². The summed E-state index contributed by atoms with van der Waals surface area (Å²) in [5, 5.41) is 3.62. The summed E-state index contributed by atoms with van der Waals surface area (Å²) in [7, 11) is 0. The van der Waals surface area contributed by atoms with Crippen LogP contribution in [0.4, 0.5) is 0 Å². The van der Waals surface area contributed by atoms with E-state index < -0.39 is 0 Å². The minimum absolute atomic E-state index is 0.726. The number of hydrogen-bond acceptors (Lipinski definition) is 1. The zero-order chi connectivity index (χ0) is 12.5. The summed E-state index contributed by atoms with van der Waals surface area (Å²) in [5.74, 6) is 0. The van der Waals surface area contributed by atoms with Crippen LogP contribution in [0.2, 0.25) is 10.0 Å². The smallest absolute Gasteiger partial charge is 0.0708 e. The van der Waals surface area contributed by atoms with E-state index >= 15 is 0 Å². The van der Waals surface area contributed by atoms with E-state index in [1.54, 1.807) is 0 Å². The lowest BCUT2D eigenvalue weighted by atomic mass is 10.1. The van der Waals surface area contributed by atoms with Crippen molar-refractivity contribution in [2.75, 3.05) is 0 Å². The van der Waals surface area contributed by atoms with E-state index in [-0.39, 0.29) is 0 Å². The first-order valence-electron chi connectivity index (χ1n) is 5.54. The van der Waals surface area contributed by atoms with Crippen LogP contribution in [0.5, 0.6) is 0 Å². The first-order chi connectivity index (χ1) is 8.72. The maximum Gasteiger partial charge on any atom is 0.0708 e. The van der Waals surface area contributed by atoms with Gasteiger partial charge in [-0.05, 0) is 35.7 Å². The molecule has 0 bridgehead atoms. The zero-order valence-electron chi connectivity index (χ0n) is 9.40. The van der Waals surface area contributed by atoms with Crippen LogP contribution in [0.1, 0.15) is 0 Å². The second-order valence-electron chi connectivity index (χ2n) is 4.07. The SMILES string of the molecule is Clc1ccc(-c2cc3ccc(Cl)cc3cn2)cc1. The first-order valence-corrected chi connectivity index (χ1v) is 6.29. The van der Waals surface area contributed by atoms with Gasteiger partial charge in [-0.2, -0.15) is 0 Å². The Hall–Kier alpha value is -1.57. The molecule has 88 valence electrons. The lowest BCUT2D eigenvalue weighted by Crippen LogP contribution is -1.84. The molecule has 0 radical (unpaired) electrons. The molecule has 0 aliphatic carbocycles. The molecule has 1 heterocycles. The van der Waals surface area contributed by atoms with Crippen molar-refractivity contribution in [2.24, 2.45) is 0 Å². The van der Waals surface area contributed by atoms with E-state index in [1.165, 1.54) is 0 Å². The number of rotatable bonds is 1. The summed E-state index contributed by atoms with van der Waals surface area (Å²) in [5.41, 5.74) is 1.98. The molecule has 18 heavy (non-hydrogen) atoms. The Morgan fingerprint density at radius 1 is 0.722 bits per heavy atom. The molecular formula is C15H9Cl2N. The predicted octanol–water partition coefficient (Wildman–Crippen LogP) is 5.21. The highest BCUT2D eigenvalue weighted by Gasteiger charge is 2.02. The van der Waals surface area contributed by atoms with Gasteiger partial charge in [0.1, 0.15) is 0 Å². The molecule has 1 nitrogen and oxygen atoms in total. The summed E-state index contributed by atoms with van der Waals surface area (Å²) >= 11 is 11.8. The van der Waals surface area contributed by atoms with Gasteiger partial charge in [0.25, 0.3) is 0 Å². The lowest BCUT2D eigenvalue weighted by Gasteiger charge is -2.03. The Kier molecular flexibility index (Phi) is 2.94. The third-order valence-electron chi connectivity index (χ3n) is 2.82. The Morgan fingerprint density at radius 3 is 2.22 bits per heavy atom. The molecule has 0 N–H and O–H groups in total. The summed E-state index contributed by atoms with van der Waals surface area (Å²) in [6.45, 7) is 0. The van der Waals surface area contributed by atoms with Crippen LogP contribution >= 0.6 is 23.2 Å². The van der Waals surface area contributed by atoms with Crippen molar-refractivity contribution in [3.05, 3.63) is 64.8 Å². The maximum absolute atomic E-state index is 5.95. The average Bonchev–Trinajstić information content (AvgIpc) is 2.39. The Bertz CT molecular complexity index is 705. The van der Waals surface area contributed by atoms with E-state index in [9.17, 15) is 0 Å². The maximum atomic E-state index is 5.95. The molecule has 0 saturated heterocycles. The van der Waals surface area contributed by atoms with Gasteiger partial charge in [0, 0.05) is 27.2 Å². The molecule has 3 rings (SSSR count). The highest BCUT2D eigenvalue weighted by molar-refractivity contribution is 6.31. The van der Waals surface area contributed by atoms with Crippen LogP contribution in [0.25, 0.3) is 22.0 Å². The van der Waals surface area contributed by atoms with E-state index in [1.807, 2.05) is 48.7 Å². The van der Waals surface area contributed by atoms with E-state index in [4.69, 9.17) is 23.2 Å². The summed E-state index contributed by atoms with van der Waals surface area (Å²) in [4.78, 5) is 4.45. The number of benzene rings is 2. The third-order valence-corrected chi connectivity index (χ3v) is 3.31. The Morgan fingerprint density at radius 2 is 1.44 bits per heavy atom. The molecule has 1 aromatic heterocycles. The topological polar surface area (TPSA) is 12.9 Å². The van der Waals surface area contributed by atoms with E-state index in [0.29, 0.717) is 0 Å². The van der Waals surface area contributed by atoms with Crippen molar-refractivity contribution in [1.82, 2.24) is 4.98 Å². The van der Waals surface area contributed by atoms with Gasteiger partial charge >= 0.3 is 0 Å². The minimum Gasteiger partial charge on any atom is -0.256 e. The molecule has 0 amide bonds. The molecule has 3 heteroatoms. The molecule has 0 atom stereocenters. The van der Waals surface area contributed by atoms with Crippen LogP contribution in [0, 0.1) is 0 Å². The molecule has 2 aromatic carbocycles. The molecular weight excluding hydrogens is 265 g/mol. The lowest BCUT2D eigenvalue weighted by molar-refractivity contribution is 1.36. The number of hydrogen-bond donors (Lipinski definition) is 0. The number of nitrogens with zero attached hydrogens (tertiary/aromatic N) is 1. The Balaban J connectivity index is 2.13. The monoisotopic (exact) mass is 273 g/mol. The van der Waals surface area contributed by atoms with Gasteiger partial charge in [-0.15, -0.1) is 0 Å². The fourth-order valence-electron chi connectivity index (χ4n) is 1.89. The second kappa shape index (κ2) is 4.60. The van der Waals surface area contributed by atoms with Gasteiger partial charge < -0.3 is 0 Å². The minimum atomic E-state index is 0.726. The third kappa shape index (κ3) is 2.20. The Labute approximate surface area is 115 Å². The number of aromatic nitrogens is 1. The van der Waals surface area contributed by atoms with Crippen LogP contribution in [-0.2, 0) is 0 Å². The summed E-state index contributed by atoms with van der Waals surface area (Å²) in [6, 6.07) is 15.5. The fraction of sp³-hybridized carbons (Fsp3) is 0. The van der Waals surface area contributed by atoms with E-state index in [2.05, 4.69) is 11.1 Å². The quantitative estimate of drug-likeness (QED) is 0.593. The number of pyridine rings is 1. The van der Waals surface area contributed by atoms with Gasteiger partial charge in [-0.25, -0.2) is 0 Å². The summed E-state index contributed by atoms with van der Waals surface area (Å²) < 4.78 is 0. The van der Waals surface area contributed by atoms with Crippen molar-refractivity contribution in [1.29, 1.82) is 0 Å². The van der Waals surface area contributed by atoms with Crippen molar-refractivity contribution in [3.8, 4) is 11.3 Å². The van der Waals surface area contributed by atoms with Crippen LogP contribution in [0.15, 0.2) is 54.7 Å². The molecule has 3 aromatic rings. The van der Waals surface area contributed by atoms with Crippen molar-refractivity contribution < 1.29 is 0 Å². The number of fused-ring (bicyclic) bond motifs is 1. The van der Waals surface area contributed by atoms with Gasteiger partial charge in [0.15, 0.2) is 0 Å². The summed E-state index contributed by atoms with van der Waals surface area (Å²) in [6.07, 6.45) is 1.84. The standard InChI is InChI=1S/C15H9Cl2N/c16-13-4-1-10(2-5-13)15-8-11-3-6-14(17)7-12(11)9-18-15/h1-9H. The molecule has 0 spiro atoms. The van der Waals surface area contributed by atoms with E-state index in [0.717, 1.165) is 32.1 Å². The highest BCUT2D eigenvalue weighted by Crippen LogP contribution is 2.25. The highest BCUT2D eigenvalue weighted by atomic mass is 35.5. The number of halogens is 2. The van der Waals surface area contributed by atoms with Gasteiger partial charge in [0.2, 0.25) is 0 Å². The van der Waals surface area contributed by atoms with Crippen molar-refractivity contribution in [3.63, 3.8) is 0 Å². The average molecular weight is 274 g/mol. The molecule has 0 fully saturated rings. The molecule has 0 aliphatic heterocycles. The van der Waals surface area contributed by atoms with Crippen LogP contribution in [0.3, 0.4) is 0 Å². The van der Waals surface area contributed by atoms with Gasteiger partial charge in [0.05, 0.1) is 5.69 Å². The van der Waals surface area contributed by atoms with Gasteiger partial charge in [-0.1, -0.05) is 41.4 Å². The fourth-order valence-corrected chi connectivity index (χ4v) is 2.20. The largest absolute Gasteiger partial charge is 0.256 e. The van der Waals surface area contributed by atoms with Crippen LogP contribution in [-0.4, -0.2) is 4.98 Å². The molecule has 0 aliphatic rings.